The second kappa shape index (κ2) is 8.09. The maximum atomic E-state index is 13.8. The summed E-state index contributed by atoms with van der Waals surface area (Å²) in [6, 6.07) is 14.7. The van der Waals surface area contributed by atoms with Gasteiger partial charge in [-0.1, -0.05) is 57.2 Å². The van der Waals surface area contributed by atoms with E-state index in [9.17, 15) is 9.18 Å². The first-order chi connectivity index (χ1) is 12.8. The van der Waals surface area contributed by atoms with Crippen molar-refractivity contribution in [2.75, 3.05) is 31.5 Å². The summed E-state index contributed by atoms with van der Waals surface area (Å²) < 4.78 is 13.8. The molecule has 27 heavy (non-hydrogen) atoms. The Morgan fingerprint density at radius 3 is 2.30 bits per heavy atom. The molecule has 0 atom stereocenters. The van der Waals surface area contributed by atoms with Gasteiger partial charge in [0.05, 0.1) is 0 Å². The molecule has 0 aliphatic carbocycles. The molecule has 0 aromatic heterocycles. The fraction of sp³-hybridized carbons (Fsp3) is 0.409. The Labute approximate surface area is 161 Å². The molecule has 5 heteroatoms. The van der Waals surface area contributed by atoms with Gasteiger partial charge in [-0.3, -0.25) is 4.90 Å². The largest absolute Gasteiger partial charge is 0.322 e. The number of hydrogen-bond donors (Lipinski definition) is 1. The summed E-state index contributed by atoms with van der Waals surface area (Å²) in [5.74, 6) is -0.170. The van der Waals surface area contributed by atoms with Gasteiger partial charge in [-0.05, 0) is 23.1 Å². The van der Waals surface area contributed by atoms with E-state index in [1.165, 1.54) is 6.07 Å². The van der Waals surface area contributed by atoms with Crippen molar-refractivity contribution < 1.29 is 9.18 Å². The quantitative estimate of drug-likeness (QED) is 0.866. The fourth-order valence-corrected chi connectivity index (χ4v) is 3.42. The number of para-hydroxylation sites is 1. The zero-order valence-electron chi connectivity index (χ0n) is 16.3. The van der Waals surface area contributed by atoms with Crippen LogP contribution in [0.15, 0.2) is 48.5 Å². The number of nitrogens with zero attached hydrogens (tertiary/aromatic N) is 2. The van der Waals surface area contributed by atoms with Gasteiger partial charge in [0.15, 0.2) is 0 Å². The van der Waals surface area contributed by atoms with Gasteiger partial charge in [0.2, 0.25) is 0 Å². The van der Waals surface area contributed by atoms with Gasteiger partial charge < -0.3 is 10.2 Å². The summed E-state index contributed by atoms with van der Waals surface area (Å²) in [6.45, 7) is 9.74. The van der Waals surface area contributed by atoms with Gasteiger partial charge in [0.1, 0.15) is 5.82 Å². The number of rotatable bonds is 3. The lowest BCUT2D eigenvalue weighted by Gasteiger charge is -2.35. The number of piperazine rings is 1. The lowest BCUT2D eigenvalue weighted by Crippen LogP contribution is -2.49. The lowest BCUT2D eigenvalue weighted by atomic mass is 9.86. The highest BCUT2D eigenvalue weighted by Gasteiger charge is 2.24. The van der Waals surface area contributed by atoms with Crippen molar-refractivity contribution in [3.63, 3.8) is 0 Å². The monoisotopic (exact) mass is 369 g/mol. The summed E-state index contributed by atoms with van der Waals surface area (Å²) in [5.41, 5.74) is 2.65. The SMILES string of the molecule is CC(C)(C)c1ccccc1NC(=O)N1CCN(Cc2ccccc2F)CC1. The van der Waals surface area contributed by atoms with E-state index in [-0.39, 0.29) is 17.3 Å². The Morgan fingerprint density at radius 2 is 1.63 bits per heavy atom. The highest BCUT2D eigenvalue weighted by molar-refractivity contribution is 5.90. The molecule has 0 spiro atoms. The Hall–Kier alpha value is -2.40. The first-order valence-corrected chi connectivity index (χ1v) is 9.46. The molecule has 0 unspecified atom stereocenters. The van der Waals surface area contributed by atoms with E-state index in [1.54, 1.807) is 6.07 Å². The van der Waals surface area contributed by atoms with Crippen molar-refractivity contribution in [1.82, 2.24) is 9.80 Å². The number of amides is 2. The molecule has 0 saturated carbocycles. The first-order valence-electron chi connectivity index (χ1n) is 9.46. The fourth-order valence-electron chi connectivity index (χ4n) is 3.42. The van der Waals surface area contributed by atoms with Gasteiger partial charge in [0.25, 0.3) is 0 Å². The van der Waals surface area contributed by atoms with E-state index in [4.69, 9.17) is 0 Å². The van der Waals surface area contributed by atoms with E-state index in [0.29, 0.717) is 25.2 Å². The molecule has 1 aliphatic rings. The third-order valence-electron chi connectivity index (χ3n) is 4.99. The number of urea groups is 1. The molecule has 2 aromatic carbocycles. The molecule has 2 amide bonds. The molecule has 0 radical (unpaired) electrons. The summed E-state index contributed by atoms with van der Waals surface area (Å²) in [5, 5.41) is 3.07. The normalized spacial score (nSPS) is 15.6. The summed E-state index contributed by atoms with van der Waals surface area (Å²) >= 11 is 0. The van der Waals surface area contributed by atoms with E-state index in [1.807, 2.05) is 35.2 Å². The zero-order chi connectivity index (χ0) is 19.4. The Morgan fingerprint density at radius 1 is 1.00 bits per heavy atom. The van der Waals surface area contributed by atoms with Gasteiger partial charge >= 0.3 is 6.03 Å². The smallest absolute Gasteiger partial charge is 0.321 e. The number of nitrogens with one attached hydrogen (secondary N) is 1. The number of hydrogen-bond acceptors (Lipinski definition) is 2. The van der Waals surface area contributed by atoms with Crippen LogP contribution in [-0.2, 0) is 12.0 Å². The molecule has 2 aromatic rings. The van der Waals surface area contributed by atoms with Crippen molar-refractivity contribution in [1.29, 1.82) is 0 Å². The molecule has 1 aliphatic heterocycles. The van der Waals surface area contributed by atoms with Gasteiger partial charge in [-0.15, -0.1) is 0 Å². The maximum absolute atomic E-state index is 13.8. The van der Waals surface area contributed by atoms with Crippen LogP contribution in [0.25, 0.3) is 0 Å². The minimum absolute atomic E-state index is 0.0394. The molecule has 4 nitrogen and oxygen atoms in total. The first kappa shape index (κ1) is 19.4. The predicted molar refractivity (Wildman–Crippen MR) is 107 cm³/mol. The van der Waals surface area contributed by atoms with Crippen LogP contribution in [0.2, 0.25) is 0 Å². The standard InChI is InChI=1S/C22H28FN3O/c1-22(2,3)18-9-5-7-11-20(18)24-21(27)26-14-12-25(13-15-26)16-17-8-4-6-10-19(17)23/h4-11H,12-16H2,1-3H3,(H,24,27). The highest BCUT2D eigenvalue weighted by atomic mass is 19.1. The van der Waals surface area contributed by atoms with Crippen LogP contribution in [0, 0.1) is 5.82 Å². The second-order valence-corrected chi connectivity index (χ2v) is 8.08. The molecule has 1 heterocycles. The minimum Gasteiger partial charge on any atom is -0.322 e. The van der Waals surface area contributed by atoms with Crippen LogP contribution in [-0.4, -0.2) is 42.0 Å². The van der Waals surface area contributed by atoms with Crippen molar-refractivity contribution in [3.05, 3.63) is 65.5 Å². The van der Waals surface area contributed by atoms with Gasteiger partial charge in [-0.2, -0.15) is 0 Å². The lowest BCUT2D eigenvalue weighted by molar-refractivity contribution is 0.142. The number of carbonyl (C=O) groups excluding carboxylic acids is 1. The summed E-state index contributed by atoms with van der Waals surface area (Å²) in [4.78, 5) is 16.7. The number of carbonyl (C=O) groups is 1. The third kappa shape index (κ3) is 4.86. The maximum Gasteiger partial charge on any atom is 0.321 e. The van der Waals surface area contributed by atoms with Crippen molar-refractivity contribution in [2.24, 2.45) is 0 Å². The topological polar surface area (TPSA) is 35.6 Å². The number of anilines is 1. The van der Waals surface area contributed by atoms with Crippen LogP contribution in [0.3, 0.4) is 0 Å². The van der Waals surface area contributed by atoms with Crippen LogP contribution in [0.4, 0.5) is 14.9 Å². The Kier molecular flexibility index (Phi) is 5.80. The van der Waals surface area contributed by atoms with Crippen molar-refractivity contribution in [2.45, 2.75) is 32.7 Å². The predicted octanol–water partition coefficient (Wildman–Crippen LogP) is 4.47. The average Bonchev–Trinajstić information content (AvgIpc) is 2.64. The van der Waals surface area contributed by atoms with Crippen LogP contribution >= 0.6 is 0 Å². The summed E-state index contributed by atoms with van der Waals surface area (Å²) in [7, 11) is 0. The Balaban J connectivity index is 1.57. The van der Waals surface area contributed by atoms with Gasteiger partial charge in [-0.25, -0.2) is 9.18 Å². The van der Waals surface area contributed by atoms with Crippen LogP contribution < -0.4 is 5.32 Å². The van der Waals surface area contributed by atoms with Crippen molar-refractivity contribution in [3.8, 4) is 0 Å². The Bertz CT molecular complexity index is 792. The number of halogens is 1. The van der Waals surface area contributed by atoms with E-state index >= 15 is 0 Å². The molecular formula is C22H28FN3O. The third-order valence-corrected chi connectivity index (χ3v) is 4.99. The molecular weight excluding hydrogens is 341 g/mol. The molecule has 0 bridgehead atoms. The molecule has 1 saturated heterocycles. The van der Waals surface area contributed by atoms with Gasteiger partial charge in [0, 0.05) is 44.0 Å². The zero-order valence-corrected chi connectivity index (χ0v) is 16.3. The van der Waals surface area contributed by atoms with Crippen molar-refractivity contribution >= 4 is 11.7 Å². The molecule has 1 N–H and O–H groups in total. The van der Waals surface area contributed by atoms with Crippen LogP contribution in [0.5, 0.6) is 0 Å². The van der Waals surface area contributed by atoms with E-state index in [0.717, 1.165) is 24.3 Å². The molecule has 144 valence electrons. The van der Waals surface area contributed by atoms with E-state index in [2.05, 4.69) is 37.1 Å². The van der Waals surface area contributed by atoms with E-state index < -0.39 is 0 Å². The minimum atomic E-state index is -0.170. The summed E-state index contributed by atoms with van der Waals surface area (Å²) in [6.07, 6.45) is 0. The number of benzene rings is 2. The van der Waals surface area contributed by atoms with Crippen LogP contribution in [0.1, 0.15) is 31.9 Å². The second-order valence-electron chi connectivity index (χ2n) is 8.08. The highest BCUT2D eigenvalue weighted by Crippen LogP contribution is 2.29. The average molecular weight is 369 g/mol. The molecule has 1 fully saturated rings. The molecule has 3 rings (SSSR count).